The van der Waals surface area contributed by atoms with Gasteiger partial charge in [-0.15, -0.1) is 5.30 Å². The first-order valence-electron chi connectivity index (χ1n) is 3.13. The van der Waals surface area contributed by atoms with Gasteiger partial charge in [0.1, 0.15) is 0 Å². The van der Waals surface area contributed by atoms with E-state index in [-0.39, 0.29) is 18.9 Å². The molecular weight excluding hydrogens is 150 g/mol. The van der Waals surface area contributed by atoms with Crippen LogP contribution in [0.4, 0.5) is 0 Å². The average Bonchev–Trinajstić information content (AvgIpc) is 1.88. The molecule has 0 heterocycles. The molecule has 0 fully saturated rings. The Kier molecular flexibility index (Phi) is 4.19. The van der Waals surface area contributed by atoms with Crippen molar-refractivity contribution in [2.24, 2.45) is 0 Å². The van der Waals surface area contributed by atoms with Crippen LogP contribution in [-0.4, -0.2) is 13.3 Å². The van der Waals surface area contributed by atoms with Gasteiger partial charge in [-0.05, 0) is 13.3 Å². The first-order chi connectivity index (χ1) is 4.61. The Morgan fingerprint density at radius 1 is 1.36 bits per heavy atom. The zero-order valence-corrected chi connectivity index (χ0v) is 8.06. The molecule has 11 heavy (non-hydrogen) atoms. The Morgan fingerprint density at radius 2 is 2.00 bits per heavy atom. The van der Waals surface area contributed by atoms with Gasteiger partial charge in [-0.25, -0.2) is 0 Å². The standard InChI is InChI=1S/C8H10OP.Li/c1-10(2,9)8-6-4-3-5-7-8;/h3-6H,1-2H3;/q-1;+1. The van der Waals surface area contributed by atoms with Crippen molar-refractivity contribution in [1.29, 1.82) is 0 Å². The van der Waals surface area contributed by atoms with Gasteiger partial charge in [-0.2, -0.15) is 30.3 Å². The van der Waals surface area contributed by atoms with Crippen molar-refractivity contribution in [3.8, 4) is 0 Å². The Bertz CT molecular complexity index is 252. The number of benzene rings is 1. The van der Waals surface area contributed by atoms with Gasteiger partial charge in [0.05, 0.1) is 7.14 Å². The topological polar surface area (TPSA) is 17.1 Å². The van der Waals surface area contributed by atoms with Gasteiger partial charge < -0.3 is 4.57 Å². The molecular formula is C8H10LiOP. The smallest absolute Gasteiger partial charge is 0.321 e. The van der Waals surface area contributed by atoms with Crippen LogP contribution < -0.4 is 24.2 Å². The van der Waals surface area contributed by atoms with Crippen LogP contribution in [0.25, 0.3) is 0 Å². The Hall–Kier alpha value is 0.0474. The third-order valence-electron chi connectivity index (χ3n) is 1.27. The maximum atomic E-state index is 11.4. The molecule has 54 valence electrons. The molecule has 0 radical (unpaired) electrons. The zero-order chi connectivity index (χ0) is 7.61. The second-order valence-electron chi connectivity index (χ2n) is 2.60. The summed E-state index contributed by atoms with van der Waals surface area (Å²) in [5, 5.41) is 0.829. The Balaban J connectivity index is 0.000001000. The molecule has 0 aromatic heterocycles. The van der Waals surface area contributed by atoms with E-state index in [4.69, 9.17) is 0 Å². The van der Waals surface area contributed by atoms with Crippen LogP contribution in [0.5, 0.6) is 0 Å². The summed E-state index contributed by atoms with van der Waals surface area (Å²) < 4.78 is 11.4. The van der Waals surface area contributed by atoms with Crippen LogP contribution in [0.15, 0.2) is 24.3 Å². The van der Waals surface area contributed by atoms with E-state index in [1.807, 2.05) is 18.2 Å². The third-order valence-corrected chi connectivity index (χ3v) is 2.71. The van der Waals surface area contributed by atoms with Crippen molar-refractivity contribution >= 4 is 12.4 Å². The fraction of sp³-hybridized carbons (Fsp3) is 0.250. The van der Waals surface area contributed by atoms with Gasteiger partial charge in [-0.3, -0.25) is 0 Å². The predicted molar refractivity (Wildman–Crippen MR) is 44.4 cm³/mol. The van der Waals surface area contributed by atoms with Crippen LogP contribution in [0.1, 0.15) is 0 Å². The van der Waals surface area contributed by atoms with Gasteiger partial charge in [0, 0.05) is 0 Å². The molecule has 0 bridgehead atoms. The monoisotopic (exact) mass is 160 g/mol. The van der Waals surface area contributed by atoms with E-state index >= 15 is 0 Å². The molecule has 0 aliphatic heterocycles. The van der Waals surface area contributed by atoms with Crippen molar-refractivity contribution in [1.82, 2.24) is 0 Å². The van der Waals surface area contributed by atoms with E-state index in [9.17, 15) is 4.57 Å². The SMILES string of the molecule is CP(C)(=O)c1[c-]cccc1.[Li+]. The molecule has 0 N–H and O–H groups in total. The summed E-state index contributed by atoms with van der Waals surface area (Å²) in [6.45, 7) is 3.50. The van der Waals surface area contributed by atoms with Gasteiger partial charge >= 0.3 is 18.9 Å². The summed E-state index contributed by atoms with van der Waals surface area (Å²) in [6, 6.07) is 10.3. The molecule has 3 heteroatoms. The second kappa shape index (κ2) is 4.17. The van der Waals surface area contributed by atoms with E-state index in [0.717, 1.165) is 5.30 Å². The van der Waals surface area contributed by atoms with Crippen LogP contribution in [0, 0.1) is 6.07 Å². The van der Waals surface area contributed by atoms with Crippen LogP contribution in [-0.2, 0) is 4.57 Å². The molecule has 1 rings (SSSR count). The molecule has 0 aliphatic carbocycles. The number of hydrogen-bond acceptors (Lipinski definition) is 1. The van der Waals surface area contributed by atoms with Crippen molar-refractivity contribution in [3.05, 3.63) is 30.3 Å². The first-order valence-corrected chi connectivity index (χ1v) is 5.73. The molecule has 1 nitrogen and oxygen atoms in total. The average molecular weight is 160 g/mol. The van der Waals surface area contributed by atoms with Crippen molar-refractivity contribution < 1.29 is 23.4 Å². The quantitative estimate of drug-likeness (QED) is 0.284. The summed E-state index contributed by atoms with van der Waals surface area (Å²) in [4.78, 5) is 0. The summed E-state index contributed by atoms with van der Waals surface area (Å²) in [5.74, 6) is 0. The summed E-state index contributed by atoms with van der Waals surface area (Å²) in [6.07, 6.45) is 0. The molecule has 1 aromatic rings. The minimum Gasteiger partial charge on any atom is -0.321 e. The molecule has 0 aliphatic rings. The van der Waals surface area contributed by atoms with Crippen LogP contribution in [0.2, 0.25) is 0 Å². The maximum Gasteiger partial charge on any atom is 1.00 e. The van der Waals surface area contributed by atoms with E-state index in [1.54, 1.807) is 19.4 Å². The third kappa shape index (κ3) is 3.30. The van der Waals surface area contributed by atoms with Crippen molar-refractivity contribution in [2.45, 2.75) is 0 Å². The predicted octanol–water partition coefficient (Wildman–Crippen LogP) is -1.26. The molecule has 0 saturated carbocycles. The molecule has 1 aromatic carbocycles. The molecule has 0 atom stereocenters. The summed E-state index contributed by atoms with van der Waals surface area (Å²) in [5.41, 5.74) is 0. The van der Waals surface area contributed by atoms with Crippen molar-refractivity contribution in [2.75, 3.05) is 13.3 Å². The second-order valence-corrected chi connectivity index (χ2v) is 5.78. The number of rotatable bonds is 1. The largest absolute Gasteiger partial charge is 1.00 e. The molecule has 0 unspecified atom stereocenters. The van der Waals surface area contributed by atoms with Crippen LogP contribution >= 0.6 is 7.14 Å². The minimum atomic E-state index is -2.07. The first kappa shape index (κ1) is 11.0. The van der Waals surface area contributed by atoms with E-state index < -0.39 is 7.14 Å². The number of hydrogen-bond donors (Lipinski definition) is 0. The maximum absolute atomic E-state index is 11.4. The van der Waals surface area contributed by atoms with Crippen molar-refractivity contribution in [3.63, 3.8) is 0 Å². The minimum absolute atomic E-state index is 0. The fourth-order valence-corrected chi connectivity index (χ4v) is 1.55. The van der Waals surface area contributed by atoms with Gasteiger partial charge in [-0.1, -0.05) is 0 Å². The normalized spacial score (nSPS) is 10.4. The molecule has 0 saturated heterocycles. The Morgan fingerprint density at radius 3 is 2.27 bits per heavy atom. The van der Waals surface area contributed by atoms with E-state index in [1.165, 1.54) is 0 Å². The molecule has 0 spiro atoms. The summed E-state index contributed by atoms with van der Waals surface area (Å²) in [7, 11) is -2.07. The fourth-order valence-electron chi connectivity index (χ4n) is 0.719. The Labute approximate surface area is 79.7 Å². The summed E-state index contributed by atoms with van der Waals surface area (Å²) >= 11 is 0. The zero-order valence-electron chi connectivity index (χ0n) is 7.16. The van der Waals surface area contributed by atoms with Gasteiger partial charge in [0.15, 0.2) is 0 Å². The van der Waals surface area contributed by atoms with Gasteiger partial charge in [0.2, 0.25) is 0 Å². The van der Waals surface area contributed by atoms with Crippen LogP contribution in [0.3, 0.4) is 0 Å². The van der Waals surface area contributed by atoms with Gasteiger partial charge in [0.25, 0.3) is 0 Å². The molecule has 0 amide bonds. The van der Waals surface area contributed by atoms with E-state index in [0.29, 0.717) is 0 Å². The van der Waals surface area contributed by atoms with E-state index in [2.05, 4.69) is 6.07 Å².